The molecule has 0 amide bonds. The monoisotopic (exact) mass is 200 g/mol. The summed E-state index contributed by atoms with van der Waals surface area (Å²) in [5.74, 6) is 0.918. The topological polar surface area (TPSA) is 17.1 Å². The molecule has 0 saturated heterocycles. The molecule has 0 saturated carbocycles. The van der Waals surface area contributed by atoms with E-state index in [2.05, 4.69) is 18.9 Å². The Labute approximate surface area is 70.8 Å². The third-order valence-corrected chi connectivity index (χ3v) is 5.50. The van der Waals surface area contributed by atoms with Crippen LogP contribution in [0.25, 0.3) is 0 Å². The van der Waals surface area contributed by atoms with Crippen LogP contribution in [0, 0.1) is 0 Å². The van der Waals surface area contributed by atoms with Crippen molar-refractivity contribution >= 4 is 47.5 Å². The second-order valence-electron chi connectivity index (χ2n) is 1.28. The van der Waals surface area contributed by atoms with Crippen LogP contribution in [-0.2, 0) is 4.79 Å². The first-order valence-electron chi connectivity index (χ1n) is 2.39. The zero-order valence-corrected chi connectivity index (χ0v) is 8.61. The smallest absolute Gasteiger partial charge is 0.186 e. The first kappa shape index (κ1) is 10.2. The van der Waals surface area contributed by atoms with Gasteiger partial charge >= 0.3 is 0 Å². The normalized spacial score (nSPS) is 10.9. The first-order valence-corrected chi connectivity index (χ1v) is 7.49. The Morgan fingerprint density at radius 1 is 1.78 bits per heavy atom. The van der Waals surface area contributed by atoms with Gasteiger partial charge in [0.05, 0.1) is 0 Å². The van der Waals surface area contributed by atoms with Gasteiger partial charge in [0.2, 0.25) is 0 Å². The Morgan fingerprint density at radius 3 is 2.89 bits per heavy atom. The molecule has 0 radical (unpaired) electrons. The molecule has 0 N–H and O–H groups in total. The van der Waals surface area contributed by atoms with Gasteiger partial charge in [0.25, 0.3) is 0 Å². The summed E-state index contributed by atoms with van der Waals surface area (Å²) in [5.41, 5.74) is 0. The molecule has 0 aliphatic carbocycles. The van der Waals surface area contributed by atoms with Gasteiger partial charge < -0.3 is 0 Å². The van der Waals surface area contributed by atoms with E-state index in [1.165, 1.54) is 0 Å². The maximum atomic E-state index is 10.3. The predicted octanol–water partition coefficient (Wildman–Crippen LogP) is 2.44. The van der Waals surface area contributed by atoms with Crippen LogP contribution < -0.4 is 0 Å². The largest absolute Gasteiger partial charge is 0.287 e. The second-order valence-corrected chi connectivity index (χ2v) is 7.14. The summed E-state index contributed by atoms with van der Waals surface area (Å²) in [5, 5.41) is -0.00611. The van der Waals surface area contributed by atoms with E-state index >= 15 is 0 Å². The van der Waals surface area contributed by atoms with Crippen molar-refractivity contribution in [3.8, 4) is 0 Å². The predicted molar refractivity (Wildman–Crippen MR) is 52.9 cm³/mol. The van der Waals surface area contributed by atoms with E-state index in [0.29, 0.717) is 6.42 Å². The fraction of sp³-hybridized carbons (Fsp3) is 0.750. The highest BCUT2D eigenvalue weighted by Crippen LogP contribution is 2.40. The number of carbonyl (C=O) groups is 1. The Bertz CT molecular complexity index is 87.9. The van der Waals surface area contributed by atoms with Crippen LogP contribution in [0.3, 0.4) is 0 Å². The van der Waals surface area contributed by atoms with Gasteiger partial charge in [-0.15, -0.1) is 35.4 Å². The SMILES string of the molecule is CSPSCCC(=O)S. The summed E-state index contributed by atoms with van der Waals surface area (Å²) in [6, 6.07) is 0. The van der Waals surface area contributed by atoms with Crippen LogP contribution in [0.1, 0.15) is 6.42 Å². The van der Waals surface area contributed by atoms with E-state index in [9.17, 15) is 4.79 Å². The molecule has 0 fully saturated rings. The molecule has 0 aliphatic rings. The molecule has 1 nitrogen and oxygen atoms in total. The minimum absolute atomic E-state index is 0.00611. The maximum absolute atomic E-state index is 10.3. The Balaban J connectivity index is 2.83. The number of thiol groups is 1. The van der Waals surface area contributed by atoms with E-state index in [1.54, 1.807) is 11.4 Å². The maximum Gasteiger partial charge on any atom is 0.186 e. The number of hydrogen-bond donors (Lipinski definition) is 1. The lowest BCUT2D eigenvalue weighted by atomic mass is 10.5. The molecule has 1 atom stereocenters. The minimum atomic E-state index is -0.00611. The molecule has 0 aromatic heterocycles. The second kappa shape index (κ2) is 7.26. The molecule has 0 aromatic rings. The van der Waals surface area contributed by atoms with Crippen molar-refractivity contribution in [3.63, 3.8) is 0 Å². The fourth-order valence-electron chi connectivity index (χ4n) is 0.239. The van der Waals surface area contributed by atoms with Gasteiger partial charge in [-0.1, -0.05) is 0 Å². The van der Waals surface area contributed by atoms with Gasteiger partial charge in [-0.05, 0) is 13.2 Å². The lowest BCUT2D eigenvalue weighted by Crippen LogP contribution is -1.85. The quantitative estimate of drug-likeness (QED) is 0.417. The van der Waals surface area contributed by atoms with Crippen LogP contribution in [0.5, 0.6) is 0 Å². The van der Waals surface area contributed by atoms with Crippen LogP contribution in [0.2, 0.25) is 0 Å². The fourth-order valence-corrected chi connectivity index (χ4v) is 3.71. The van der Waals surface area contributed by atoms with Gasteiger partial charge in [0, 0.05) is 12.2 Å². The Kier molecular flexibility index (Phi) is 8.19. The average molecular weight is 200 g/mol. The van der Waals surface area contributed by atoms with Crippen molar-refractivity contribution < 1.29 is 4.79 Å². The molecule has 0 rings (SSSR count). The Hall–Kier alpha value is 1.15. The highest BCUT2D eigenvalue weighted by molar-refractivity contribution is 8.82. The highest BCUT2D eigenvalue weighted by Gasteiger charge is 1.92. The number of hydrogen-bond acceptors (Lipinski definition) is 3. The van der Waals surface area contributed by atoms with E-state index in [0.717, 1.165) is 12.7 Å². The van der Waals surface area contributed by atoms with E-state index in [4.69, 9.17) is 0 Å². The number of rotatable bonds is 5. The third kappa shape index (κ3) is 9.15. The molecule has 0 heterocycles. The van der Waals surface area contributed by atoms with Crippen molar-refractivity contribution in [1.82, 2.24) is 0 Å². The molecular formula is C4H9OPS3. The van der Waals surface area contributed by atoms with E-state index in [1.807, 2.05) is 11.4 Å². The lowest BCUT2D eigenvalue weighted by Gasteiger charge is -1.93. The van der Waals surface area contributed by atoms with E-state index < -0.39 is 0 Å². The van der Waals surface area contributed by atoms with Gasteiger partial charge in [-0.25, -0.2) is 0 Å². The summed E-state index contributed by atoms with van der Waals surface area (Å²) in [4.78, 5) is 10.3. The van der Waals surface area contributed by atoms with Crippen LogP contribution >= 0.6 is 42.4 Å². The third-order valence-electron chi connectivity index (χ3n) is 0.560. The van der Waals surface area contributed by atoms with Crippen molar-refractivity contribution in [3.05, 3.63) is 0 Å². The van der Waals surface area contributed by atoms with Gasteiger partial charge in [0.1, 0.15) is 0 Å². The van der Waals surface area contributed by atoms with E-state index in [-0.39, 0.29) is 5.12 Å². The van der Waals surface area contributed by atoms with Crippen molar-refractivity contribution in [1.29, 1.82) is 0 Å². The molecule has 54 valence electrons. The summed E-state index contributed by atoms with van der Waals surface area (Å²) < 4.78 is 0. The van der Waals surface area contributed by atoms with Crippen LogP contribution in [0.15, 0.2) is 0 Å². The van der Waals surface area contributed by atoms with Gasteiger partial charge in [-0.3, -0.25) is 4.79 Å². The standard InChI is InChI=1S/C4H9OPS3/c1-8-6-9-3-2-4(5)7/h6H,2-3H2,1H3,(H,5,7). The first-order chi connectivity index (χ1) is 4.27. The highest BCUT2D eigenvalue weighted by atomic mass is 33.1. The summed E-state index contributed by atoms with van der Waals surface area (Å²) in [6.45, 7) is 0.862. The van der Waals surface area contributed by atoms with Crippen LogP contribution in [-0.4, -0.2) is 17.1 Å². The van der Waals surface area contributed by atoms with Crippen LogP contribution in [0.4, 0.5) is 0 Å². The average Bonchev–Trinajstić information content (AvgIpc) is 1.80. The summed E-state index contributed by atoms with van der Waals surface area (Å²) >= 11 is 7.25. The zero-order chi connectivity index (χ0) is 7.11. The van der Waals surface area contributed by atoms with Crippen molar-refractivity contribution in [2.45, 2.75) is 6.42 Å². The lowest BCUT2D eigenvalue weighted by molar-refractivity contribution is -0.110. The molecule has 0 spiro atoms. The van der Waals surface area contributed by atoms with Gasteiger partial charge in [-0.2, -0.15) is 0 Å². The molecule has 9 heavy (non-hydrogen) atoms. The molecule has 5 heteroatoms. The van der Waals surface area contributed by atoms with Crippen molar-refractivity contribution in [2.24, 2.45) is 0 Å². The molecular weight excluding hydrogens is 191 g/mol. The summed E-state index contributed by atoms with van der Waals surface area (Å²) in [7, 11) is 0. The Morgan fingerprint density at radius 2 is 2.44 bits per heavy atom. The zero-order valence-electron chi connectivity index (χ0n) is 5.09. The molecule has 0 bridgehead atoms. The molecule has 0 aliphatic heterocycles. The van der Waals surface area contributed by atoms with Gasteiger partial charge in [0.15, 0.2) is 5.12 Å². The molecule has 0 aromatic carbocycles. The number of carbonyl (C=O) groups excluding carboxylic acids is 1. The molecule has 1 unspecified atom stereocenters. The van der Waals surface area contributed by atoms with Crippen molar-refractivity contribution in [2.75, 3.05) is 12.0 Å². The minimum Gasteiger partial charge on any atom is -0.287 e. The summed E-state index contributed by atoms with van der Waals surface area (Å²) in [6.07, 6.45) is 2.66.